The van der Waals surface area contributed by atoms with Crippen LogP contribution < -0.4 is 5.73 Å². The van der Waals surface area contributed by atoms with Crippen molar-refractivity contribution in [1.29, 1.82) is 0 Å². The van der Waals surface area contributed by atoms with Crippen LogP contribution in [0.3, 0.4) is 0 Å². The average Bonchev–Trinajstić information content (AvgIpc) is 2.62. The Balaban J connectivity index is 1.99. The Morgan fingerprint density at radius 3 is 2.94 bits per heavy atom. The first kappa shape index (κ1) is 11.0. The molecule has 1 aliphatic rings. The summed E-state index contributed by atoms with van der Waals surface area (Å²) in [7, 11) is 0. The lowest BCUT2D eigenvalue weighted by molar-refractivity contribution is -0.0670. The number of carbonyl (C=O) groups is 1. The Bertz CT molecular complexity index is 392. The normalized spacial score (nSPS) is 18.3. The van der Waals surface area contributed by atoms with Gasteiger partial charge in [0.2, 0.25) is 0 Å². The van der Waals surface area contributed by atoms with Gasteiger partial charge in [0.1, 0.15) is 0 Å². The second-order valence-corrected chi connectivity index (χ2v) is 4.31. The Kier molecular flexibility index (Phi) is 2.64. The van der Waals surface area contributed by atoms with E-state index < -0.39 is 5.60 Å². The predicted molar refractivity (Wildman–Crippen MR) is 55.6 cm³/mol. The van der Waals surface area contributed by atoms with Crippen LogP contribution in [0.5, 0.6) is 0 Å². The summed E-state index contributed by atoms with van der Waals surface area (Å²) in [4.78, 5) is 13.3. The lowest BCUT2D eigenvalue weighted by Crippen LogP contribution is -2.61. The number of amides is 1. The van der Waals surface area contributed by atoms with E-state index in [1.807, 2.05) is 0 Å². The molecule has 1 aromatic heterocycles. The highest BCUT2D eigenvalue weighted by Gasteiger charge is 2.40. The van der Waals surface area contributed by atoms with Gasteiger partial charge in [-0.1, -0.05) is 5.21 Å². The summed E-state index contributed by atoms with van der Waals surface area (Å²) in [5.74, 6) is -0.199. The minimum absolute atomic E-state index is 0.199. The van der Waals surface area contributed by atoms with Gasteiger partial charge in [-0.05, 0) is 6.92 Å². The Morgan fingerprint density at radius 2 is 2.38 bits per heavy atom. The molecule has 3 N–H and O–H groups in total. The van der Waals surface area contributed by atoms with Gasteiger partial charge in [-0.15, -0.1) is 5.10 Å². The number of aliphatic hydroxyl groups is 1. The molecule has 1 aromatic rings. The van der Waals surface area contributed by atoms with Crippen molar-refractivity contribution in [2.24, 2.45) is 5.73 Å². The van der Waals surface area contributed by atoms with Crippen molar-refractivity contribution in [3.63, 3.8) is 0 Å². The van der Waals surface area contributed by atoms with Crippen LogP contribution in [0.15, 0.2) is 6.20 Å². The molecule has 1 amide bonds. The van der Waals surface area contributed by atoms with Gasteiger partial charge in [-0.25, -0.2) is 0 Å². The number of hydrogen-bond donors (Lipinski definition) is 2. The fourth-order valence-corrected chi connectivity index (χ4v) is 1.72. The molecule has 2 heterocycles. The van der Waals surface area contributed by atoms with Crippen LogP contribution in [0.4, 0.5) is 0 Å². The third-order valence-electron chi connectivity index (χ3n) is 2.47. The van der Waals surface area contributed by atoms with E-state index in [2.05, 4.69) is 10.3 Å². The topological polar surface area (TPSA) is 97.3 Å². The monoisotopic (exact) mass is 225 g/mol. The molecule has 0 radical (unpaired) electrons. The van der Waals surface area contributed by atoms with E-state index in [0.29, 0.717) is 31.9 Å². The van der Waals surface area contributed by atoms with Crippen molar-refractivity contribution in [1.82, 2.24) is 19.9 Å². The standard InChI is InChI=1S/C9H15N5O2/c1-9(16)5-13(6-9)8(15)7-4-14(3-2-10)12-11-7/h4,16H,2-3,5-6,10H2,1H3. The Morgan fingerprint density at radius 1 is 1.69 bits per heavy atom. The van der Waals surface area contributed by atoms with Gasteiger partial charge >= 0.3 is 0 Å². The minimum atomic E-state index is -0.761. The highest BCUT2D eigenvalue weighted by atomic mass is 16.3. The Labute approximate surface area is 92.8 Å². The highest BCUT2D eigenvalue weighted by Crippen LogP contribution is 2.21. The number of nitrogens with two attached hydrogens (primary N) is 1. The van der Waals surface area contributed by atoms with Crippen molar-refractivity contribution in [3.05, 3.63) is 11.9 Å². The molecule has 0 atom stereocenters. The number of likely N-dealkylation sites (tertiary alicyclic amines) is 1. The molecule has 0 unspecified atom stereocenters. The van der Waals surface area contributed by atoms with Crippen LogP contribution in [-0.2, 0) is 6.54 Å². The van der Waals surface area contributed by atoms with E-state index in [9.17, 15) is 9.90 Å². The molecule has 0 bridgehead atoms. The lowest BCUT2D eigenvalue weighted by Gasteiger charge is -2.43. The van der Waals surface area contributed by atoms with Crippen LogP contribution in [0.25, 0.3) is 0 Å². The zero-order valence-corrected chi connectivity index (χ0v) is 9.13. The molecule has 16 heavy (non-hydrogen) atoms. The number of carbonyl (C=O) groups excluding carboxylic acids is 1. The first-order valence-electron chi connectivity index (χ1n) is 5.14. The van der Waals surface area contributed by atoms with Gasteiger partial charge in [0.15, 0.2) is 5.69 Å². The minimum Gasteiger partial charge on any atom is -0.386 e. The fraction of sp³-hybridized carbons (Fsp3) is 0.667. The summed E-state index contributed by atoms with van der Waals surface area (Å²) < 4.78 is 1.53. The third kappa shape index (κ3) is 2.05. The maximum atomic E-state index is 11.8. The summed E-state index contributed by atoms with van der Waals surface area (Å²) in [6.45, 7) is 3.38. The fourth-order valence-electron chi connectivity index (χ4n) is 1.72. The second-order valence-electron chi connectivity index (χ2n) is 4.31. The van der Waals surface area contributed by atoms with Gasteiger partial charge < -0.3 is 15.7 Å². The van der Waals surface area contributed by atoms with Crippen LogP contribution >= 0.6 is 0 Å². The largest absolute Gasteiger partial charge is 0.386 e. The van der Waals surface area contributed by atoms with Crippen molar-refractivity contribution < 1.29 is 9.90 Å². The van der Waals surface area contributed by atoms with Crippen LogP contribution in [0.1, 0.15) is 17.4 Å². The molecule has 0 spiro atoms. The van der Waals surface area contributed by atoms with Crippen LogP contribution in [-0.4, -0.2) is 56.1 Å². The lowest BCUT2D eigenvalue weighted by atomic mass is 9.97. The molecule has 2 rings (SSSR count). The SMILES string of the molecule is CC1(O)CN(C(=O)c2cn(CCN)nn2)C1. The molecule has 0 aliphatic carbocycles. The molecule has 7 heteroatoms. The summed E-state index contributed by atoms with van der Waals surface area (Å²) >= 11 is 0. The quantitative estimate of drug-likeness (QED) is 0.648. The van der Waals surface area contributed by atoms with E-state index in [-0.39, 0.29) is 5.91 Å². The van der Waals surface area contributed by atoms with E-state index in [0.717, 1.165) is 0 Å². The predicted octanol–water partition coefficient (Wildman–Crippen LogP) is -1.56. The highest BCUT2D eigenvalue weighted by molar-refractivity contribution is 5.92. The van der Waals surface area contributed by atoms with Crippen LogP contribution in [0.2, 0.25) is 0 Å². The van der Waals surface area contributed by atoms with Crippen molar-refractivity contribution >= 4 is 5.91 Å². The number of aromatic nitrogens is 3. The maximum Gasteiger partial charge on any atom is 0.276 e. The van der Waals surface area contributed by atoms with Gasteiger partial charge in [-0.3, -0.25) is 9.48 Å². The smallest absolute Gasteiger partial charge is 0.276 e. The Hall–Kier alpha value is -1.47. The van der Waals surface area contributed by atoms with Gasteiger partial charge in [-0.2, -0.15) is 0 Å². The average molecular weight is 225 g/mol. The molecule has 1 aliphatic heterocycles. The van der Waals surface area contributed by atoms with Gasteiger partial charge in [0.05, 0.1) is 31.4 Å². The maximum absolute atomic E-state index is 11.8. The number of β-amino-alcohol motifs (C(OH)–C–C–N with tert-alkyl or cyclic N) is 1. The first-order valence-corrected chi connectivity index (χ1v) is 5.14. The van der Waals surface area contributed by atoms with Gasteiger partial charge in [0.25, 0.3) is 5.91 Å². The molecule has 88 valence electrons. The van der Waals surface area contributed by atoms with E-state index in [1.54, 1.807) is 13.1 Å². The van der Waals surface area contributed by atoms with Crippen molar-refractivity contribution in [3.8, 4) is 0 Å². The third-order valence-corrected chi connectivity index (χ3v) is 2.47. The van der Waals surface area contributed by atoms with Gasteiger partial charge in [0, 0.05) is 6.54 Å². The number of rotatable bonds is 3. The molecule has 1 saturated heterocycles. The zero-order chi connectivity index (χ0) is 11.8. The van der Waals surface area contributed by atoms with Crippen molar-refractivity contribution in [2.75, 3.05) is 19.6 Å². The van der Waals surface area contributed by atoms with E-state index >= 15 is 0 Å². The number of nitrogens with zero attached hydrogens (tertiary/aromatic N) is 4. The van der Waals surface area contributed by atoms with Crippen LogP contribution in [0, 0.1) is 0 Å². The first-order chi connectivity index (χ1) is 7.52. The van der Waals surface area contributed by atoms with Crippen molar-refractivity contribution in [2.45, 2.75) is 19.1 Å². The summed E-state index contributed by atoms with van der Waals surface area (Å²) in [5, 5.41) is 17.1. The molecule has 0 aromatic carbocycles. The molecule has 7 nitrogen and oxygen atoms in total. The number of hydrogen-bond acceptors (Lipinski definition) is 5. The second kappa shape index (κ2) is 3.84. The molecular weight excluding hydrogens is 210 g/mol. The zero-order valence-electron chi connectivity index (χ0n) is 9.13. The molecule has 1 fully saturated rings. The molecular formula is C9H15N5O2. The summed E-state index contributed by atoms with van der Waals surface area (Å²) in [5.41, 5.74) is 4.90. The summed E-state index contributed by atoms with van der Waals surface area (Å²) in [6, 6.07) is 0. The molecule has 0 saturated carbocycles. The van der Waals surface area contributed by atoms with E-state index in [4.69, 9.17) is 5.73 Å². The van der Waals surface area contributed by atoms with E-state index in [1.165, 1.54) is 9.58 Å². The summed E-state index contributed by atoms with van der Waals surface area (Å²) in [6.07, 6.45) is 1.57.